The molecule has 0 radical (unpaired) electrons. The van der Waals surface area contributed by atoms with E-state index in [1.54, 1.807) is 11.3 Å². The van der Waals surface area contributed by atoms with E-state index < -0.39 is 0 Å². The highest BCUT2D eigenvalue weighted by Gasteiger charge is 2.30. The zero-order chi connectivity index (χ0) is 16.7. The molecule has 1 aromatic carbocycles. The van der Waals surface area contributed by atoms with Crippen LogP contribution in [0.15, 0.2) is 41.9 Å². The molecule has 3 aromatic rings. The molecule has 0 aliphatic carbocycles. The van der Waals surface area contributed by atoms with E-state index in [9.17, 15) is 5.11 Å². The second-order valence-corrected chi connectivity index (χ2v) is 7.90. The predicted octanol–water partition coefficient (Wildman–Crippen LogP) is 3.90. The fourth-order valence-electron chi connectivity index (χ4n) is 4.00. The van der Waals surface area contributed by atoms with Crippen molar-refractivity contribution >= 4 is 22.2 Å². The van der Waals surface area contributed by atoms with Gasteiger partial charge in [0.25, 0.3) is 0 Å². The molecule has 0 spiro atoms. The first kappa shape index (κ1) is 15.9. The lowest BCUT2D eigenvalue weighted by atomic mass is 9.90. The van der Waals surface area contributed by atoms with Crippen molar-refractivity contribution < 1.29 is 5.11 Å². The minimum absolute atomic E-state index is 0.272. The first-order valence-corrected chi connectivity index (χ1v) is 9.49. The Bertz CT molecular complexity index is 850. The van der Waals surface area contributed by atoms with Crippen LogP contribution in [0.5, 0.6) is 0 Å². The number of piperidine rings is 1. The molecule has 2 atom stereocenters. The fraction of sp³-hybridized carbons (Fsp3) is 0.400. The third-order valence-corrected chi connectivity index (χ3v) is 6.43. The molecule has 126 valence electrons. The smallest absolute Gasteiger partial charge is 0.0744 e. The molecule has 4 heteroatoms. The van der Waals surface area contributed by atoms with Gasteiger partial charge in [0, 0.05) is 48.0 Å². The number of aromatic nitrogens is 1. The standard InChI is InChI=1S/C20H24N2OS/c1-14-8-10-24-20(14)17-7-9-22(13-19(17)23)12-15-11-21(2)18-6-4-3-5-16(15)18/h3-6,8,10-11,17,19,23H,7,9,12-13H2,1-2H3/t17-,19-/m1/s1. The van der Waals surface area contributed by atoms with Crippen molar-refractivity contribution in [3.05, 3.63) is 57.9 Å². The van der Waals surface area contributed by atoms with Gasteiger partial charge in [-0.3, -0.25) is 4.90 Å². The molecule has 1 N–H and O–H groups in total. The van der Waals surface area contributed by atoms with Crippen molar-refractivity contribution in [2.75, 3.05) is 13.1 Å². The molecule has 1 fully saturated rings. The van der Waals surface area contributed by atoms with Crippen LogP contribution < -0.4 is 0 Å². The van der Waals surface area contributed by atoms with E-state index in [2.05, 4.69) is 65.3 Å². The molecule has 0 bridgehead atoms. The number of hydrogen-bond acceptors (Lipinski definition) is 3. The second-order valence-electron chi connectivity index (χ2n) is 6.95. The molecule has 3 heterocycles. The molecule has 1 saturated heterocycles. The molecule has 24 heavy (non-hydrogen) atoms. The lowest BCUT2D eigenvalue weighted by Crippen LogP contribution is -2.42. The molecule has 0 unspecified atom stereocenters. The van der Waals surface area contributed by atoms with E-state index in [0.29, 0.717) is 5.92 Å². The molecule has 1 aliphatic rings. The van der Waals surface area contributed by atoms with Crippen LogP contribution >= 0.6 is 11.3 Å². The Balaban J connectivity index is 1.50. The summed E-state index contributed by atoms with van der Waals surface area (Å²) in [6, 6.07) is 10.7. The zero-order valence-corrected chi connectivity index (χ0v) is 15.1. The zero-order valence-electron chi connectivity index (χ0n) is 14.3. The van der Waals surface area contributed by atoms with Crippen LogP contribution in [0, 0.1) is 6.92 Å². The average Bonchev–Trinajstić information content (AvgIpc) is 3.13. The van der Waals surface area contributed by atoms with Crippen LogP contribution in [-0.4, -0.2) is 33.8 Å². The number of β-amino-alcohol motifs (C(OH)–C–C–N with tert-alkyl or cyclic N) is 1. The maximum Gasteiger partial charge on any atom is 0.0744 e. The summed E-state index contributed by atoms with van der Waals surface area (Å²) in [5.74, 6) is 0.300. The van der Waals surface area contributed by atoms with Gasteiger partial charge in [-0.15, -0.1) is 11.3 Å². The molecular weight excluding hydrogens is 316 g/mol. The van der Waals surface area contributed by atoms with Crippen molar-refractivity contribution in [3.63, 3.8) is 0 Å². The van der Waals surface area contributed by atoms with Gasteiger partial charge < -0.3 is 9.67 Å². The van der Waals surface area contributed by atoms with Crippen LogP contribution in [0.1, 0.15) is 28.3 Å². The molecule has 3 nitrogen and oxygen atoms in total. The minimum Gasteiger partial charge on any atom is -0.391 e. The van der Waals surface area contributed by atoms with E-state index in [1.165, 1.54) is 26.9 Å². The summed E-state index contributed by atoms with van der Waals surface area (Å²) in [4.78, 5) is 3.76. The summed E-state index contributed by atoms with van der Waals surface area (Å²) >= 11 is 1.79. The number of rotatable bonds is 3. The number of nitrogens with zero attached hydrogens (tertiary/aromatic N) is 2. The Hall–Kier alpha value is -1.62. The third kappa shape index (κ3) is 2.79. The highest BCUT2D eigenvalue weighted by molar-refractivity contribution is 7.10. The van der Waals surface area contributed by atoms with Crippen LogP contribution in [0.3, 0.4) is 0 Å². The van der Waals surface area contributed by atoms with Gasteiger partial charge in [-0.2, -0.15) is 0 Å². The Morgan fingerprint density at radius 2 is 2.08 bits per heavy atom. The Kier molecular flexibility index (Phi) is 4.21. The number of likely N-dealkylation sites (tertiary alicyclic amines) is 1. The summed E-state index contributed by atoms with van der Waals surface area (Å²) in [6.45, 7) is 4.86. The molecule has 1 aliphatic heterocycles. The Morgan fingerprint density at radius 1 is 1.25 bits per heavy atom. The molecule has 0 amide bonds. The Morgan fingerprint density at radius 3 is 2.83 bits per heavy atom. The molecule has 0 saturated carbocycles. The van der Waals surface area contributed by atoms with Crippen molar-refractivity contribution in [1.29, 1.82) is 0 Å². The molecular formula is C20H24N2OS. The Labute approximate surface area is 147 Å². The van der Waals surface area contributed by atoms with Crippen molar-refractivity contribution in [2.24, 2.45) is 7.05 Å². The summed E-state index contributed by atoms with van der Waals surface area (Å²) in [7, 11) is 2.10. The summed E-state index contributed by atoms with van der Waals surface area (Å²) in [5, 5.41) is 14.2. The quantitative estimate of drug-likeness (QED) is 0.783. The van der Waals surface area contributed by atoms with E-state index >= 15 is 0 Å². The van der Waals surface area contributed by atoms with Gasteiger partial charge in [0.15, 0.2) is 0 Å². The van der Waals surface area contributed by atoms with Crippen LogP contribution in [-0.2, 0) is 13.6 Å². The number of benzene rings is 1. The van der Waals surface area contributed by atoms with Crippen molar-refractivity contribution in [1.82, 2.24) is 9.47 Å². The highest BCUT2D eigenvalue weighted by Crippen LogP contribution is 2.34. The normalized spacial score (nSPS) is 22.3. The van der Waals surface area contributed by atoms with Gasteiger partial charge in [-0.25, -0.2) is 0 Å². The van der Waals surface area contributed by atoms with E-state index in [0.717, 1.165) is 26.1 Å². The number of thiophene rings is 1. The SMILES string of the molecule is Cc1ccsc1[C@@H]1CCN(Cc2cn(C)c3ccccc23)C[C@H]1O. The number of aliphatic hydroxyl groups is 1. The molecule has 4 rings (SSSR count). The predicted molar refractivity (Wildman–Crippen MR) is 101 cm³/mol. The van der Waals surface area contributed by atoms with Crippen LogP contribution in [0.2, 0.25) is 0 Å². The fourth-order valence-corrected chi connectivity index (χ4v) is 5.13. The summed E-state index contributed by atoms with van der Waals surface area (Å²) in [6.07, 6.45) is 2.99. The van der Waals surface area contributed by atoms with Gasteiger partial charge in [-0.05, 0) is 48.5 Å². The third-order valence-electron chi connectivity index (χ3n) is 5.28. The van der Waals surface area contributed by atoms with E-state index in [1.807, 2.05) is 0 Å². The highest BCUT2D eigenvalue weighted by atomic mass is 32.1. The summed E-state index contributed by atoms with van der Waals surface area (Å²) < 4.78 is 2.20. The monoisotopic (exact) mass is 340 g/mol. The lowest BCUT2D eigenvalue weighted by Gasteiger charge is -2.35. The number of aliphatic hydroxyl groups excluding tert-OH is 1. The second kappa shape index (κ2) is 6.36. The number of aryl methyl sites for hydroxylation is 2. The van der Waals surface area contributed by atoms with Crippen LogP contribution in [0.4, 0.5) is 0 Å². The van der Waals surface area contributed by atoms with Crippen LogP contribution in [0.25, 0.3) is 10.9 Å². The number of fused-ring (bicyclic) bond motifs is 1. The largest absolute Gasteiger partial charge is 0.391 e. The number of para-hydroxylation sites is 1. The van der Waals surface area contributed by atoms with Gasteiger partial charge in [0.2, 0.25) is 0 Å². The first-order chi connectivity index (χ1) is 11.6. The topological polar surface area (TPSA) is 28.4 Å². The maximum atomic E-state index is 10.7. The van der Waals surface area contributed by atoms with Crippen molar-refractivity contribution in [3.8, 4) is 0 Å². The van der Waals surface area contributed by atoms with E-state index in [-0.39, 0.29) is 6.10 Å². The minimum atomic E-state index is -0.272. The van der Waals surface area contributed by atoms with Gasteiger partial charge in [0.05, 0.1) is 6.10 Å². The van der Waals surface area contributed by atoms with Gasteiger partial charge in [0.1, 0.15) is 0 Å². The van der Waals surface area contributed by atoms with Crippen molar-refractivity contribution in [2.45, 2.75) is 31.9 Å². The lowest BCUT2D eigenvalue weighted by molar-refractivity contribution is 0.0487. The van der Waals surface area contributed by atoms with Gasteiger partial charge >= 0.3 is 0 Å². The first-order valence-electron chi connectivity index (χ1n) is 8.61. The van der Waals surface area contributed by atoms with E-state index in [4.69, 9.17) is 0 Å². The maximum absolute atomic E-state index is 10.7. The molecule has 2 aromatic heterocycles. The van der Waals surface area contributed by atoms with Gasteiger partial charge in [-0.1, -0.05) is 18.2 Å². The summed E-state index contributed by atoms with van der Waals surface area (Å²) in [5.41, 5.74) is 3.95. The number of hydrogen-bond donors (Lipinski definition) is 1. The average molecular weight is 340 g/mol.